The minimum Gasteiger partial charge on any atom is -0.490 e. The van der Waals surface area contributed by atoms with Gasteiger partial charge in [-0.25, -0.2) is 0 Å². The first-order valence-corrected chi connectivity index (χ1v) is 9.27. The SMILES string of the molecule is C=CCOc1ccc2c(c1)CC[C@H]1[C@@H]2CC[C@]2(C)[C@@H](O)[C@@H](O)C[C@@H]12. The zero-order chi connectivity index (χ0) is 16.9. The molecular formula is C21H28O3. The van der Waals surface area contributed by atoms with Crippen molar-refractivity contribution in [2.24, 2.45) is 17.3 Å². The van der Waals surface area contributed by atoms with E-state index in [1.807, 2.05) is 0 Å². The summed E-state index contributed by atoms with van der Waals surface area (Å²) in [4.78, 5) is 0. The van der Waals surface area contributed by atoms with Crippen LogP contribution in [-0.2, 0) is 6.42 Å². The van der Waals surface area contributed by atoms with Gasteiger partial charge >= 0.3 is 0 Å². The van der Waals surface area contributed by atoms with Crippen LogP contribution in [-0.4, -0.2) is 29.0 Å². The van der Waals surface area contributed by atoms with E-state index in [2.05, 4.69) is 31.7 Å². The summed E-state index contributed by atoms with van der Waals surface area (Å²) in [6, 6.07) is 6.52. The average molecular weight is 328 g/mol. The molecule has 2 N–H and O–H groups in total. The molecule has 0 unspecified atom stereocenters. The van der Waals surface area contributed by atoms with Crippen molar-refractivity contribution in [3.05, 3.63) is 42.0 Å². The molecule has 3 heteroatoms. The van der Waals surface area contributed by atoms with Crippen molar-refractivity contribution >= 4 is 0 Å². The van der Waals surface area contributed by atoms with E-state index in [1.54, 1.807) is 6.08 Å². The van der Waals surface area contributed by atoms with Gasteiger partial charge < -0.3 is 14.9 Å². The third-order valence-corrected chi connectivity index (χ3v) is 7.04. The van der Waals surface area contributed by atoms with Crippen molar-refractivity contribution in [2.45, 2.75) is 57.2 Å². The Morgan fingerprint density at radius 3 is 2.96 bits per heavy atom. The smallest absolute Gasteiger partial charge is 0.120 e. The highest BCUT2D eigenvalue weighted by Gasteiger charge is 2.57. The summed E-state index contributed by atoms with van der Waals surface area (Å²) in [5, 5.41) is 20.7. The summed E-state index contributed by atoms with van der Waals surface area (Å²) < 4.78 is 5.69. The van der Waals surface area contributed by atoms with E-state index in [-0.39, 0.29) is 5.41 Å². The van der Waals surface area contributed by atoms with Gasteiger partial charge in [-0.2, -0.15) is 0 Å². The van der Waals surface area contributed by atoms with E-state index in [0.717, 1.165) is 37.9 Å². The number of aliphatic hydroxyl groups excluding tert-OH is 2. The second-order valence-corrected chi connectivity index (χ2v) is 8.17. The lowest BCUT2D eigenvalue weighted by molar-refractivity contribution is -0.0505. The minimum absolute atomic E-state index is 0.106. The van der Waals surface area contributed by atoms with Gasteiger partial charge in [0.1, 0.15) is 12.4 Å². The maximum atomic E-state index is 10.5. The first-order valence-electron chi connectivity index (χ1n) is 9.27. The molecule has 3 nitrogen and oxygen atoms in total. The summed E-state index contributed by atoms with van der Waals surface area (Å²) in [5.74, 6) is 2.52. The Labute approximate surface area is 144 Å². The van der Waals surface area contributed by atoms with Crippen LogP contribution in [0.1, 0.15) is 49.7 Å². The van der Waals surface area contributed by atoms with E-state index < -0.39 is 12.2 Å². The second kappa shape index (κ2) is 5.89. The Kier molecular flexibility index (Phi) is 3.97. The zero-order valence-corrected chi connectivity index (χ0v) is 14.4. The molecule has 2 fully saturated rings. The molecule has 0 bridgehead atoms. The predicted octanol–water partition coefficient (Wildman–Crippen LogP) is 3.44. The average Bonchev–Trinajstić information content (AvgIpc) is 2.83. The van der Waals surface area contributed by atoms with Gasteiger partial charge in [0, 0.05) is 0 Å². The van der Waals surface area contributed by atoms with Crippen LogP contribution >= 0.6 is 0 Å². The molecule has 0 spiro atoms. The molecule has 2 saturated carbocycles. The minimum atomic E-state index is -0.556. The van der Waals surface area contributed by atoms with Gasteiger partial charge in [-0.15, -0.1) is 0 Å². The summed E-state index contributed by atoms with van der Waals surface area (Å²) in [5.41, 5.74) is 2.78. The molecule has 3 aliphatic carbocycles. The number of fused-ring (bicyclic) bond motifs is 5. The third-order valence-electron chi connectivity index (χ3n) is 7.04. The van der Waals surface area contributed by atoms with Crippen LogP contribution in [0.4, 0.5) is 0 Å². The fourth-order valence-corrected chi connectivity index (χ4v) is 5.79. The lowest BCUT2D eigenvalue weighted by Gasteiger charge is -2.49. The molecule has 6 atom stereocenters. The molecule has 130 valence electrons. The summed E-state index contributed by atoms with van der Waals surface area (Å²) >= 11 is 0. The van der Waals surface area contributed by atoms with Gasteiger partial charge in [0.05, 0.1) is 12.2 Å². The second-order valence-electron chi connectivity index (χ2n) is 8.17. The van der Waals surface area contributed by atoms with Crippen molar-refractivity contribution in [2.75, 3.05) is 6.61 Å². The van der Waals surface area contributed by atoms with E-state index in [4.69, 9.17) is 4.74 Å². The molecule has 0 heterocycles. The number of hydrogen-bond acceptors (Lipinski definition) is 3. The molecular weight excluding hydrogens is 300 g/mol. The first-order chi connectivity index (χ1) is 11.5. The first kappa shape index (κ1) is 16.2. The van der Waals surface area contributed by atoms with Crippen LogP contribution in [0.25, 0.3) is 0 Å². The summed E-state index contributed by atoms with van der Waals surface area (Å²) in [7, 11) is 0. The number of hydrogen-bond donors (Lipinski definition) is 2. The van der Waals surface area contributed by atoms with E-state index in [1.165, 1.54) is 11.1 Å². The van der Waals surface area contributed by atoms with E-state index in [0.29, 0.717) is 24.4 Å². The molecule has 4 rings (SSSR count). The van der Waals surface area contributed by atoms with Gasteiger partial charge in [-0.3, -0.25) is 0 Å². The molecule has 0 saturated heterocycles. The zero-order valence-electron chi connectivity index (χ0n) is 14.4. The lowest BCUT2D eigenvalue weighted by Crippen LogP contribution is -2.44. The van der Waals surface area contributed by atoms with Crippen LogP contribution in [0.3, 0.4) is 0 Å². The molecule has 0 aromatic heterocycles. The van der Waals surface area contributed by atoms with Crippen LogP contribution in [0, 0.1) is 17.3 Å². The summed E-state index contributed by atoms with van der Waals surface area (Å²) in [6.45, 7) is 6.43. The van der Waals surface area contributed by atoms with Crippen molar-refractivity contribution in [3.8, 4) is 5.75 Å². The summed E-state index contributed by atoms with van der Waals surface area (Å²) in [6.07, 6.45) is 5.77. The van der Waals surface area contributed by atoms with Crippen molar-refractivity contribution in [1.82, 2.24) is 0 Å². The highest BCUT2D eigenvalue weighted by molar-refractivity contribution is 5.41. The maximum Gasteiger partial charge on any atom is 0.120 e. The standard InChI is InChI=1S/C21H28O3/c1-3-10-24-14-5-7-15-13(11-14)4-6-17-16(15)8-9-21(2)18(17)12-19(22)20(21)23/h3,5,7,11,16-20,22-23H,1,4,6,8-10,12H2,2H3/t16-,17+,18+,19+,20+,21+/m1/s1. The molecule has 3 aliphatic rings. The number of benzene rings is 1. The lowest BCUT2D eigenvalue weighted by atomic mass is 9.55. The van der Waals surface area contributed by atoms with Crippen LogP contribution < -0.4 is 4.74 Å². The van der Waals surface area contributed by atoms with Gasteiger partial charge in [0.2, 0.25) is 0 Å². The van der Waals surface area contributed by atoms with Crippen molar-refractivity contribution < 1.29 is 14.9 Å². The molecule has 24 heavy (non-hydrogen) atoms. The fraction of sp³-hybridized carbons (Fsp3) is 0.619. The Morgan fingerprint density at radius 1 is 1.33 bits per heavy atom. The maximum absolute atomic E-state index is 10.5. The highest BCUT2D eigenvalue weighted by atomic mass is 16.5. The Morgan fingerprint density at radius 2 is 2.17 bits per heavy atom. The van der Waals surface area contributed by atoms with E-state index in [9.17, 15) is 10.2 Å². The number of ether oxygens (including phenoxy) is 1. The number of aliphatic hydroxyl groups is 2. The largest absolute Gasteiger partial charge is 0.490 e. The molecule has 0 aliphatic heterocycles. The fourth-order valence-electron chi connectivity index (χ4n) is 5.79. The topological polar surface area (TPSA) is 49.7 Å². The van der Waals surface area contributed by atoms with Gasteiger partial charge in [0.25, 0.3) is 0 Å². The van der Waals surface area contributed by atoms with Gasteiger partial charge in [0.15, 0.2) is 0 Å². The highest BCUT2D eigenvalue weighted by Crippen LogP contribution is 2.60. The monoisotopic (exact) mass is 328 g/mol. The van der Waals surface area contributed by atoms with E-state index >= 15 is 0 Å². The normalized spacial score (nSPS) is 40.4. The Balaban J connectivity index is 1.61. The predicted molar refractivity (Wildman–Crippen MR) is 94.1 cm³/mol. The van der Waals surface area contributed by atoms with Gasteiger partial charge in [-0.05, 0) is 78.5 Å². The Bertz CT molecular complexity index is 640. The molecule has 1 aromatic rings. The number of rotatable bonds is 3. The quantitative estimate of drug-likeness (QED) is 0.836. The number of aryl methyl sites for hydroxylation is 1. The third kappa shape index (κ3) is 2.33. The molecule has 1 aromatic carbocycles. The van der Waals surface area contributed by atoms with Crippen LogP contribution in [0.15, 0.2) is 30.9 Å². The molecule has 0 amide bonds. The van der Waals surface area contributed by atoms with Crippen LogP contribution in [0.2, 0.25) is 0 Å². The Hall–Kier alpha value is -1.32. The molecule has 0 radical (unpaired) electrons. The van der Waals surface area contributed by atoms with Crippen LogP contribution in [0.5, 0.6) is 5.75 Å². The van der Waals surface area contributed by atoms with Crippen molar-refractivity contribution in [3.63, 3.8) is 0 Å². The van der Waals surface area contributed by atoms with Crippen molar-refractivity contribution in [1.29, 1.82) is 0 Å². The van der Waals surface area contributed by atoms with Gasteiger partial charge in [-0.1, -0.05) is 25.6 Å².